The fourth-order valence-electron chi connectivity index (χ4n) is 2.15. The van der Waals surface area contributed by atoms with Crippen LogP contribution in [0.3, 0.4) is 0 Å². The first-order valence-electron chi connectivity index (χ1n) is 5.56. The number of hydrogen-bond donors (Lipinski definition) is 1. The summed E-state index contributed by atoms with van der Waals surface area (Å²) in [4.78, 5) is 2.51. The van der Waals surface area contributed by atoms with Crippen molar-refractivity contribution in [1.82, 2.24) is 4.90 Å². The second-order valence-corrected chi connectivity index (χ2v) is 4.90. The molecule has 0 aromatic heterocycles. The molecule has 0 aromatic rings. The highest BCUT2D eigenvalue weighted by molar-refractivity contribution is 4.89. The standard InChI is InChI=1S/C11H24N2O/c1-11(2)6-4-7-13(11)9-10(12)5-8-14-3/h10H,4-9,12H2,1-3H3. The lowest BCUT2D eigenvalue weighted by atomic mass is 10.0. The van der Waals surface area contributed by atoms with Crippen molar-refractivity contribution in [3.63, 3.8) is 0 Å². The molecule has 84 valence electrons. The zero-order chi connectivity index (χ0) is 10.6. The lowest BCUT2D eigenvalue weighted by Gasteiger charge is -2.33. The van der Waals surface area contributed by atoms with Gasteiger partial charge in [-0.3, -0.25) is 4.90 Å². The van der Waals surface area contributed by atoms with Gasteiger partial charge in [-0.05, 0) is 39.7 Å². The maximum absolute atomic E-state index is 6.04. The van der Waals surface area contributed by atoms with E-state index < -0.39 is 0 Å². The molecule has 1 unspecified atom stereocenters. The Kier molecular flexibility index (Phi) is 4.35. The predicted molar refractivity (Wildman–Crippen MR) is 59.4 cm³/mol. The molecule has 0 saturated carbocycles. The third-order valence-electron chi connectivity index (χ3n) is 3.22. The average molecular weight is 200 g/mol. The Hall–Kier alpha value is -0.120. The van der Waals surface area contributed by atoms with E-state index >= 15 is 0 Å². The Morgan fingerprint density at radius 2 is 2.21 bits per heavy atom. The van der Waals surface area contributed by atoms with E-state index in [9.17, 15) is 0 Å². The molecule has 1 rings (SSSR count). The van der Waals surface area contributed by atoms with E-state index in [0.29, 0.717) is 5.54 Å². The Morgan fingerprint density at radius 3 is 2.71 bits per heavy atom. The zero-order valence-electron chi connectivity index (χ0n) is 9.75. The van der Waals surface area contributed by atoms with Crippen LogP contribution in [0.1, 0.15) is 33.1 Å². The third-order valence-corrected chi connectivity index (χ3v) is 3.22. The van der Waals surface area contributed by atoms with Gasteiger partial charge in [0.15, 0.2) is 0 Å². The van der Waals surface area contributed by atoms with Crippen LogP contribution in [0.15, 0.2) is 0 Å². The van der Waals surface area contributed by atoms with Gasteiger partial charge >= 0.3 is 0 Å². The SMILES string of the molecule is COCCC(N)CN1CCCC1(C)C. The normalized spacial score (nSPS) is 24.0. The van der Waals surface area contributed by atoms with Crippen LogP contribution in [0.25, 0.3) is 0 Å². The highest BCUT2D eigenvalue weighted by Gasteiger charge is 2.32. The number of nitrogens with two attached hydrogens (primary N) is 1. The Balaban J connectivity index is 2.29. The predicted octanol–water partition coefficient (Wildman–Crippen LogP) is 1.22. The molecule has 3 heteroatoms. The first-order valence-corrected chi connectivity index (χ1v) is 5.56. The molecule has 0 bridgehead atoms. The van der Waals surface area contributed by atoms with Crippen molar-refractivity contribution >= 4 is 0 Å². The second kappa shape index (κ2) is 5.10. The summed E-state index contributed by atoms with van der Waals surface area (Å²) in [5, 5.41) is 0. The van der Waals surface area contributed by atoms with Crippen LogP contribution in [-0.4, -0.2) is 43.3 Å². The van der Waals surface area contributed by atoms with Crippen LogP contribution in [0.5, 0.6) is 0 Å². The van der Waals surface area contributed by atoms with Crippen molar-refractivity contribution in [2.45, 2.75) is 44.7 Å². The molecule has 3 nitrogen and oxygen atoms in total. The first kappa shape index (κ1) is 12.0. The van der Waals surface area contributed by atoms with E-state index in [0.717, 1.165) is 19.6 Å². The van der Waals surface area contributed by atoms with Gasteiger partial charge in [0.1, 0.15) is 0 Å². The van der Waals surface area contributed by atoms with Gasteiger partial charge in [0.05, 0.1) is 0 Å². The van der Waals surface area contributed by atoms with Crippen molar-refractivity contribution in [3.8, 4) is 0 Å². The van der Waals surface area contributed by atoms with Gasteiger partial charge in [-0.2, -0.15) is 0 Å². The van der Waals surface area contributed by atoms with Gasteiger partial charge in [0, 0.05) is 31.8 Å². The summed E-state index contributed by atoms with van der Waals surface area (Å²) in [7, 11) is 1.73. The molecule has 0 aliphatic carbocycles. The highest BCUT2D eigenvalue weighted by atomic mass is 16.5. The molecule has 1 heterocycles. The highest BCUT2D eigenvalue weighted by Crippen LogP contribution is 2.27. The average Bonchev–Trinajstić information content (AvgIpc) is 2.43. The van der Waals surface area contributed by atoms with Crippen LogP contribution in [0.4, 0.5) is 0 Å². The number of ether oxygens (including phenoxy) is 1. The van der Waals surface area contributed by atoms with Crippen LogP contribution in [0, 0.1) is 0 Å². The van der Waals surface area contributed by atoms with Crippen LogP contribution < -0.4 is 5.73 Å². The second-order valence-electron chi connectivity index (χ2n) is 4.90. The van der Waals surface area contributed by atoms with Crippen molar-refractivity contribution in [2.24, 2.45) is 5.73 Å². The van der Waals surface area contributed by atoms with Gasteiger partial charge in [-0.15, -0.1) is 0 Å². The smallest absolute Gasteiger partial charge is 0.0477 e. The number of rotatable bonds is 5. The maximum atomic E-state index is 6.04. The quantitative estimate of drug-likeness (QED) is 0.725. The topological polar surface area (TPSA) is 38.5 Å². The van der Waals surface area contributed by atoms with E-state index in [2.05, 4.69) is 18.7 Å². The molecule has 1 fully saturated rings. The van der Waals surface area contributed by atoms with Crippen LogP contribution in [0.2, 0.25) is 0 Å². The molecule has 1 saturated heterocycles. The van der Waals surface area contributed by atoms with E-state index in [1.165, 1.54) is 19.4 Å². The summed E-state index contributed by atoms with van der Waals surface area (Å²) in [6.07, 6.45) is 3.57. The molecule has 0 radical (unpaired) electrons. The first-order chi connectivity index (χ1) is 6.56. The number of hydrogen-bond acceptors (Lipinski definition) is 3. The van der Waals surface area contributed by atoms with Crippen molar-refractivity contribution < 1.29 is 4.74 Å². The zero-order valence-corrected chi connectivity index (χ0v) is 9.75. The summed E-state index contributed by atoms with van der Waals surface area (Å²) >= 11 is 0. The van der Waals surface area contributed by atoms with Gasteiger partial charge in [0.2, 0.25) is 0 Å². The molecular formula is C11H24N2O. The minimum Gasteiger partial charge on any atom is -0.385 e. The molecule has 1 atom stereocenters. The summed E-state index contributed by atoms with van der Waals surface area (Å²) < 4.78 is 5.03. The van der Waals surface area contributed by atoms with Crippen molar-refractivity contribution in [1.29, 1.82) is 0 Å². The fourth-order valence-corrected chi connectivity index (χ4v) is 2.15. The molecular weight excluding hydrogens is 176 g/mol. The Labute approximate surface area is 87.6 Å². The van der Waals surface area contributed by atoms with Gasteiger partial charge in [0.25, 0.3) is 0 Å². The Morgan fingerprint density at radius 1 is 1.50 bits per heavy atom. The van der Waals surface area contributed by atoms with Gasteiger partial charge < -0.3 is 10.5 Å². The van der Waals surface area contributed by atoms with Crippen molar-refractivity contribution in [3.05, 3.63) is 0 Å². The van der Waals surface area contributed by atoms with E-state index in [-0.39, 0.29) is 6.04 Å². The van der Waals surface area contributed by atoms with Gasteiger partial charge in [-0.1, -0.05) is 0 Å². The summed E-state index contributed by atoms with van der Waals surface area (Å²) in [5.74, 6) is 0. The summed E-state index contributed by atoms with van der Waals surface area (Å²) in [6.45, 7) is 7.60. The number of methoxy groups -OCH3 is 1. The van der Waals surface area contributed by atoms with Gasteiger partial charge in [-0.25, -0.2) is 0 Å². The largest absolute Gasteiger partial charge is 0.385 e. The summed E-state index contributed by atoms with van der Waals surface area (Å²) in [5.41, 5.74) is 6.39. The fraction of sp³-hybridized carbons (Fsp3) is 1.00. The lowest BCUT2D eigenvalue weighted by molar-refractivity contribution is 0.143. The van der Waals surface area contributed by atoms with Crippen LogP contribution >= 0.6 is 0 Å². The number of likely N-dealkylation sites (tertiary alicyclic amines) is 1. The maximum Gasteiger partial charge on any atom is 0.0477 e. The van der Waals surface area contributed by atoms with E-state index in [1.807, 2.05) is 0 Å². The molecule has 1 aliphatic rings. The molecule has 0 amide bonds. The minimum absolute atomic E-state index is 0.257. The van der Waals surface area contributed by atoms with E-state index in [4.69, 9.17) is 10.5 Å². The van der Waals surface area contributed by atoms with Crippen molar-refractivity contribution in [2.75, 3.05) is 26.8 Å². The summed E-state index contributed by atoms with van der Waals surface area (Å²) in [6, 6.07) is 0.257. The molecule has 1 aliphatic heterocycles. The molecule has 0 spiro atoms. The third kappa shape index (κ3) is 3.23. The molecule has 2 N–H and O–H groups in total. The Bertz CT molecular complexity index is 171. The lowest BCUT2D eigenvalue weighted by Crippen LogP contribution is -2.45. The molecule has 14 heavy (non-hydrogen) atoms. The minimum atomic E-state index is 0.257. The van der Waals surface area contributed by atoms with E-state index in [1.54, 1.807) is 7.11 Å². The van der Waals surface area contributed by atoms with Crippen LogP contribution in [-0.2, 0) is 4.74 Å². The molecule has 0 aromatic carbocycles. The number of nitrogens with zero attached hydrogens (tertiary/aromatic N) is 1. The monoisotopic (exact) mass is 200 g/mol.